The van der Waals surface area contributed by atoms with Gasteiger partial charge in [-0.1, -0.05) is 0 Å². The van der Waals surface area contributed by atoms with Crippen LogP contribution < -0.4 is 5.32 Å². The molecule has 1 N–H and O–H groups in total. The van der Waals surface area contributed by atoms with Crippen LogP contribution in [0.15, 0.2) is 16.7 Å². The van der Waals surface area contributed by atoms with Crippen LogP contribution in [0.25, 0.3) is 0 Å². The van der Waals surface area contributed by atoms with Crippen LogP contribution in [0.5, 0.6) is 0 Å². The molecule has 0 aromatic carbocycles. The van der Waals surface area contributed by atoms with Crippen molar-refractivity contribution in [2.75, 3.05) is 13.7 Å². The fourth-order valence-electron chi connectivity index (χ4n) is 1.08. The highest BCUT2D eigenvalue weighted by atomic mass is 16.5. The Kier molecular flexibility index (Phi) is 4.19. The van der Waals surface area contributed by atoms with Crippen molar-refractivity contribution < 1.29 is 13.9 Å². The van der Waals surface area contributed by atoms with Crippen molar-refractivity contribution in [3.8, 4) is 0 Å². The van der Waals surface area contributed by atoms with Crippen molar-refractivity contribution in [3.05, 3.63) is 23.7 Å². The molecule has 0 aliphatic carbocycles. The molecule has 1 aromatic rings. The van der Waals surface area contributed by atoms with Gasteiger partial charge in [0.1, 0.15) is 5.76 Å². The molecule has 0 aliphatic heterocycles. The number of hydrogen-bond acceptors (Lipinski definition) is 4. The van der Waals surface area contributed by atoms with E-state index in [9.17, 15) is 4.79 Å². The minimum Gasteiger partial charge on any atom is -0.469 e. The minimum atomic E-state index is -0.200. The van der Waals surface area contributed by atoms with E-state index in [0.29, 0.717) is 19.5 Å². The van der Waals surface area contributed by atoms with Gasteiger partial charge in [-0.2, -0.15) is 0 Å². The first-order chi connectivity index (χ1) is 6.74. The lowest BCUT2D eigenvalue weighted by molar-refractivity contribution is -0.140. The van der Waals surface area contributed by atoms with Gasteiger partial charge in [0, 0.05) is 6.54 Å². The molecule has 78 valence electrons. The van der Waals surface area contributed by atoms with E-state index in [1.54, 1.807) is 6.26 Å². The number of carbonyl (C=O) groups excluding carboxylic acids is 1. The Morgan fingerprint density at radius 2 is 2.43 bits per heavy atom. The number of furan rings is 1. The Balaban J connectivity index is 2.16. The smallest absolute Gasteiger partial charge is 0.306 e. The van der Waals surface area contributed by atoms with E-state index in [1.165, 1.54) is 7.11 Å². The number of esters is 1. The zero-order valence-corrected chi connectivity index (χ0v) is 8.50. The Hall–Kier alpha value is -1.29. The third kappa shape index (κ3) is 3.22. The number of methoxy groups -OCH3 is 1. The number of carbonyl (C=O) groups is 1. The first kappa shape index (κ1) is 10.8. The minimum absolute atomic E-state index is 0.200. The molecule has 1 rings (SSSR count). The van der Waals surface area contributed by atoms with Gasteiger partial charge in [0.05, 0.1) is 26.3 Å². The van der Waals surface area contributed by atoms with E-state index in [1.807, 2.05) is 13.0 Å². The third-order valence-electron chi connectivity index (χ3n) is 1.99. The first-order valence-corrected chi connectivity index (χ1v) is 4.54. The normalized spacial score (nSPS) is 10.1. The summed E-state index contributed by atoms with van der Waals surface area (Å²) in [6, 6.07) is 1.91. The van der Waals surface area contributed by atoms with Gasteiger partial charge in [-0.15, -0.1) is 0 Å². The number of ether oxygens (including phenoxy) is 1. The summed E-state index contributed by atoms with van der Waals surface area (Å²) >= 11 is 0. The third-order valence-corrected chi connectivity index (χ3v) is 1.99. The highest BCUT2D eigenvalue weighted by Gasteiger charge is 2.02. The lowest BCUT2D eigenvalue weighted by Crippen LogP contribution is -2.18. The van der Waals surface area contributed by atoms with Crippen LogP contribution in [0.2, 0.25) is 0 Å². The van der Waals surface area contributed by atoms with Gasteiger partial charge in [0.2, 0.25) is 0 Å². The van der Waals surface area contributed by atoms with Gasteiger partial charge in [0.15, 0.2) is 0 Å². The largest absolute Gasteiger partial charge is 0.469 e. The van der Waals surface area contributed by atoms with Gasteiger partial charge in [-0.3, -0.25) is 4.79 Å². The Bertz CT molecular complexity index is 293. The molecule has 0 saturated heterocycles. The summed E-state index contributed by atoms with van der Waals surface area (Å²) in [5, 5.41) is 3.10. The maximum absolute atomic E-state index is 10.8. The maximum atomic E-state index is 10.8. The molecule has 0 radical (unpaired) electrons. The predicted molar refractivity (Wildman–Crippen MR) is 51.8 cm³/mol. The van der Waals surface area contributed by atoms with E-state index < -0.39 is 0 Å². The van der Waals surface area contributed by atoms with Gasteiger partial charge >= 0.3 is 5.97 Å². The number of nitrogens with one attached hydrogen (secondary N) is 1. The number of rotatable bonds is 5. The Morgan fingerprint density at radius 3 is 3.00 bits per heavy atom. The van der Waals surface area contributed by atoms with E-state index in [4.69, 9.17) is 4.42 Å². The van der Waals surface area contributed by atoms with E-state index in [2.05, 4.69) is 10.1 Å². The second kappa shape index (κ2) is 5.44. The van der Waals surface area contributed by atoms with Gasteiger partial charge in [0.25, 0.3) is 0 Å². The van der Waals surface area contributed by atoms with Crippen molar-refractivity contribution >= 4 is 5.97 Å². The van der Waals surface area contributed by atoms with Crippen LogP contribution in [0.1, 0.15) is 17.7 Å². The predicted octanol–water partition coefficient (Wildman–Crippen LogP) is 1.24. The average molecular weight is 197 g/mol. The summed E-state index contributed by atoms with van der Waals surface area (Å²) in [6.07, 6.45) is 2.04. The highest BCUT2D eigenvalue weighted by molar-refractivity contribution is 5.69. The molecule has 0 spiro atoms. The van der Waals surface area contributed by atoms with Crippen LogP contribution in [0.3, 0.4) is 0 Å². The van der Waals surface area contributed by atoms with E-state index in [0.717, 1.165) is 11.3 Å². The molecule has 0 saturated carbocycles. The van der Waals surface area contributed by atoms with Gasteiger partial charge in [-0.05, 0) is 18.6 Å². The zero-order valence-electron chi connectivity index (χ0n) is 8.50. The second-order valence-corrected chi connectivity index (χ2v) is 3.03. The molecule has 4 heteroatoms. The molecule has 4 nitrogen and oxygen atoms in total. The van der Waals surface area contributed by atoms with Crippen molar-refractivity contribution in [2.45, 2.75) is 19.9 Å². The molecule has 0 aliphatic rings. The fourth-order valence-corrected chi connectivity index (χ4v) is 1.08. The summed E-state index contributed by atoms with van der Waals surface area (Å²) in [4.78, 5) is 10.8. The van der Waals surface area contributed by atoms with Crippen molar-refractivity contribution in [1.29, 1.82) is 0 Å². The highest BCUT2D eigenvalue weighted by Crippen LogP contribution is 2.07. The van der Waals surface area contributed by atoms with E-state index >= 15 is 0 Å². The van der Waals surface area contributed by atoms with Crippen LogP contribution in [-0.4, -0.2) is 19.6 Å². The van der Waals surface area contributed by atoms with Crippen molar-refractivity contribution in [3.63, 3.8) is 0 Å². The lowest BCUT2D eigenvalue weighted by atomic mass is 10.3. The average Bonchev–Trinajstić information content (AvgIpc) is 2.58. The molecule has 0 bridgehead atoms. The van der Waals surface area contributed by atoms with Crippen molar-refractivity contribution in [2.24, 2.45) is 0 Å². The van der Waals surface area contributed by atoms with Gasteiger partial charge < -0.3 is 14.5 Å². The quantitative estimate of drug-likeness (QED) is 0.570. The zero-order chi connectivity index (χ0) is 10.4. The molecule has 0 atom stereocenters. The monoisotopic (exact) mass is 197 g/mol. The molecule has 0 fully saturated rings. The van der Waals surface area contributed by atoms with Crippen molar-refractivity contribution in [1.82, 2.24) is 5.32 Å². The molecule has 1 heterocycles. The topological polar surface area (TPSA) is 51.5 Å². The summed E-state index contributed by atoms with van der Waals surface area (Å²) in [7, 11) is 1.39. The molecular weight excluding hydrogens is 182 g/mol. The van der Waals surface area contributed by atoms with Gasteiger partial charge in [-0.25, -0.2) is 0 Å². The Labute approximate surface area is 83.2 Å². The summed E-state index contributed by atoms with van der Waals surface area (Å²) < 4.78 is 9.73. The number of hydrogen-bond donors (Lipinski definition) is 1. The van der Waals surface area contributed by atoms with Crippen LogP contribution >= 0.6 is 0 Å². The van der Waals surface area contributed by atoms with E-state index in [-0.39, 0.29) is 5.97 Å². The van der Waals surface area contributed by atoms with Crippen LogP contribution in [0, 0.1) is 6.92 Å². The summed E-state index contributed by atoms with van der Waals surface area (Å²) in [6.45, 7) is 3.24. The standard InChI is InChI=1S/C10H15NO3/c1-8-4-6-14-9(8)7-11-5-3-10(12)13-2/h4,6,11H,3,5,7H2,1-2H3. The maximum Gasteiger partial charge on any atom is 0.306 e. The first-order valence-electron chi connectivity index (χ1n) is 4.54. The fraction of sp³-hybridized carbons (Fsp3) is 0.500. The second-order valence-electron chi connectivity index (χ2n) is 3.03. The summed E-state index contributed by atoms with van der Waals surface area (Å²) in [5.41, 5.74) is 1.12. The van der Waals surface area contributed by atoms with Crippen LogP contribution in [-0.2, 0) is 16.1 Å². The molecular formula is C10H15NO3. The SMILES string of the molecule is COC(=O)CCNCc1occc1C. The molecule has 0 unspecified atom stereocenters. The number of aryl methyl sites for hydroxylation is 1. The summed E-state index contributed by atoms with van der Waals surface area (Å²) in [5.74, 6) is 0.712. The Morgan fingerprint density at radius 1 is 1.64 bits per heavy atom. The lowest BCUT2D eigenvalue weighted by Gasteiger charge is -2.02. The van der Waals surface area contributed by atoms with Crippen LogP contribution in [0.4, 0.5) is 0 Å². The molecule has 0 amide bonds. The molecule has 14 heavy (non-hydrogen) atoms. The molecule has 1 aromatic heterocycles.